The van der Waals surface area contributed by atoms with Gasteiger partial charge in [0.2, 0.25) is 5.75 Å². The normalized spacial score (nSPS) is 12.2. The summed E-state index contributed by atoms with van der Waals surface area (Å²) in [4.78, 5) is 13.0. The molecule has 0 aliphatic rings. The Morgan fingerprint density at radius 3 is 1.93 bits per heavy atom. The predicted molar refractivity (Wildman–Crippen MR) is 106 cm³/mol. The van der Waals surface area contributed by atoms with Gasteiger partial charge in [-0.25, -0.2) is 8.42 Å². The van der Waals surface area contributed by atoms with E-state index in [1.54, 1.807) is 36.4 Å². The lowest BCUT2D eigenvalue weighted by molar-refractivity contribution is 0.0934. The molecule has 1 amide bonds. The van der Waals surface area contributed by atoms with E-state index < -0.39 is 9.84 Å². The lowest BCUT2D eigenvalue weighted by Crippen LogP contribution is -2.28. The van der Waals surface area contributed by atoms with Crippen LogP contribution in [0.25, 0.3) is 0 Å². The van der Waals surface area contributed by atoms with Gasteiger partial charge in [-0.15, -0.1) is 0 Å². The molecule has 0 aromatic heterocycles. The van der Waals surface area contributed by atoms with Gasteiger partial charge in [-0.05, 0) is 36.2 Å². The third kappa shape index (κ3) is 4.75. The minimum Gasteiger partial charge on any atom is -0.493 e. The fourth-order valence-electron chi connectivity index (χ4n) is 2.82. The van der Waals surface area contributed by atoms with Crippen LogP contribution >= 0.6 is 0 Å². The van der Waals surface area contributed by atoms with Crippen LogP contribution in [-0.2, 0) is 9.84 Å². The van der Waals surface area contributed by atoms with Gasteiger partial charge in [0.05, 0.1) is 32.3 Å². The molecular formula is C20H25NO6S. The highest BCUT2D eigenvalue weighted by molar-refractivity contribution is 7.90. The van der Waals surface area contributed by atoms with Gasteiger partial charge in [-0.1, -0.05) is 19.1 Å². The first kappa shape index (κ1) is 21.6. The molecule has 152 valence electrons. The molecule has 0 unspecified atom stereocenters. The first-order chi connectivity index (χ1) is 13.2. The predicted octanol–water partition coefficient (Wildman–Crippen LogP) is 3.00. The Kier molecular flexibility index (Phi) is 6.90. The second-order valence-corrected chi connectivity index (χ2v) is 8.21. The van der Waals surface area contributed by atoms with E-state index in [1.807, 2.05) is 6.92 Å². The topological polar surface area (TPSA) is 90.9 Å². The second-order valence-electron chi connectivity index (χ2n) is 6.19. The van der Waals surface area contributed by atoms with Crippen LogP contribution in [0.3, 0.4) is 0 Å². The fourth-order valence-corrected chi connectivity index (χ4v) is 3.45. The number of amides is 1. The third-order valence-corrected chi connectivity index (χ3v) is 5.48. The quantitative estimate of drug-likeness (QED) is 0.723. The summed E-state index contributed by atoms with van der Waals surface area (Å²) in [6.07, 6.45) is 1.79. The maximum absolute atomic E-state index is 12.8. The molecule has 0 aliphatic carbocycles. The molecule has 0 fully saturated rings. The van der Waals surface area contributed by atoms with E-state index in [4.69, 9.17) is 14.2 Å². The van der Waals surface area contributed by atoms with Crippen LogP contribution in [0.5, 0.6) is 17.2 Å². The number of nitrogens with one attached hydrogen (secondary N) is 1. The van der Waals surface area contributed by atoms with Crippen LogP contribution in [0.1, 0.15) is 35.3 Å². The van der Waals surface area contributed by atoms with E-state index in [-0.39, 0.29) is 16.8 Å². The summed E-state index contributed by atoms with van der Waals surface area (Å²) < 4.78 is 39.1. The number of methoxy groups -OCH3 is 3. The molecule has 0 saturated heterocycles. The molecule has 8 heteroatoms. The average molecular weight is 407 g/mol. The Labute approximate surface area is 165 Å². The molecule has 1 N–H and O–H groups in total. The Morgan fingerprint density at radius 2 is 1.54 bits per heavy atom. The van der Waals surface area contributed by atoms with E-state index >= 15 is 0 Å². The van der Waals surface area contributed by atoms with E-state index in [9.17, 15) is 13.2 Å². The summed E-state index contributed by atoms with van der Waals surface area (Å²) in [6, 6.07) is 9.38. The molecule has 0 saturated carbocycles. The lowest BCUT2D eigenvalue weighted by Gasteiger charge is -2.19. The molecule has 1 atom stereocenters. The Bertz CT molecular complexity index is 913. The number of sulfone groups is 1. The molecule has 0 bridgehead atoms. The summed E-state index contributed by atoms with van der Waals surface area (Å²) in [7, 11) is 1.19. The molecule has 0 radical (unpaired) electrons. The maximum atomic E-state index is 12.8. The highest BCUT2D eigenvalue weighted by Crippen LogP contribution is 2.38. The molecule has 2 aromatic rings. The fraction of sp³-hybridized carbons (Fsp3) is 0.350. The molecule has 0 spiro atoms. The van der Waals surface area contributed by atoms with Gasteiger partial charge < -0.3 is 19.5 Å². The summed E-state index contributed by atoms with van der Waals surface area (Å²) in [5.74, 6) is 0.873. The number of carbonyl (C=O) groups is 1. The smallest absolute Gasteiger partial charge is 0.252 e. The van der Waals surface area contributed by atoms with Gasteiger partial charge in [0, 0.05) is 11.8 Å². The van der Waals surface area contributed by atoms with Crippen molar-refractivity contribution in [3.8, 4) is 17.2 Å². The largest absolute Gasteiger partial charge is 0.493 e. The molecule has 2 rings (SSSR count). The van der Waals surface area contributed by atoms with Crippen LogP contribution < -0.4 is 19.5 Å². The van der Waals surface area contributed by atoms with Crippen molar-refractivity contribution in [1.82, 2.24) is 5.32 Å². The summed E-state index contributed by atoms with van der Waals surface area (Å²) in [5.41, 5.74) is 1.18. The molecule has 2 aromatic carbocycles. The Balaban J connectivity index is 2.29. The number of ether oxygens (including phenoxy) is 3. The van der Waals surface area contributed by atoms with E-state index in [1.165, 1.54) is 21.3 Å². The van der Waals surface area contributed by atoms with Crippen molar-refractivity contribution >= 4 is 15.7 Å². The van der Waals surface area contributed by atoms with Crippen LogP contribution in [0.15, 0.2) is 41.3 Å². The second kappa shape index (κ2) is 8.97. The summed E-state index contributed by atoms with van der Waals surface area (Å²) in [5, 5.41) is 2.96. The van der Waals surface area contributed by atoms with Crippen molar-refractivity contribution in [2.45, 2.75) is 24.3 Å². The lowest BCUT2D eigenvalue weighted by atomic mass is 10.0. The van der Waals surface area contributed by atoms with Crippen LogP contribution in [0.4, 0.5) is 0 Å². The molecule has 28 heavy (non-hydrogen) atoms. The number of benzene rings is 2. The zero-order valence-electron chi connectivity index (χ0n) is 16.6. The number of carbonyl (C=O) groups excluding carboxylic acids is 1. The highest BCUT2D eigenvalue weighted by Gasteiger charge is 2.20. The molecule has 0 aliphatic heterocycles. The zero-order chi connectivity index (χ0) is 20.9. The van der Waals surface area contributed by atoms with Gasteiger partial charge in [0.1, 0.15) is 0 Å². The van der Waals surface area contributed by atoms with Gasteiger partial charge in [-0.3, -0.25) is 4.79 Å². The standard InChI is InChI=1S/C20H25NO6S/c1-6-16(13-7-9-15(10-8-13)28(5,23)24)21-20(22)14-11-17(25-2)19(27-4)18(12-14)26-3/h7-12,16H,6H2,1-5H3,(H,21,22)/t16-/m1/s1. The van der Waals surface area contributed by atoms with Crippen LogP contribution in [-0.4, -0.2) is 41.9 Å². The van der Waals surface area contributed by atoms with E-state index in [0.717, 1.165) is 11.8 Å². The van der Waals surface area contributed by atoms with Gasteiger partial charge >= 0.3 is 0 Å². The van der Waals surface area contributed by atoms with Crippen molar-refractivity contribution in [2.75, 3.05) is 27.6 Å². The Morgan fingerprint density at radius 1 is 1.00 bits per heavy atom. The maximum Gasteiger partial charge on any atom is 0.252 e. The SMILES string of the molecule is CC[C@@H](NC(=O)c1cc(OC)c(OC)c(OC)c1)c1ccc(S(C)(=O)=O)cc1. The molecule has 0 heterocycles. The first-order valence-electron chi connectivity index (χ1n) is 8.66. The van der Waals surface area contributed by atoms with Crippen molar-refractivity contribution in [3.63, 3.8) is 0 Å². The van der Waals surface area contributed by atoms with Crippen molar-refractivity contribution < 1.29 is 27.4 Å². The number of rotatable bonds is 8. The number of hydrogen-bond acceptors (Lipinski definition) is 6. The third-order valence-electron chi connectivity index (χ3n) is 4.35. The monoisotopic (exact) mass is 407 g/mol. The summed E-state index contributed by atoms with van der Waals surface area (Å²) in [6.45, 7) is 1.94. The highest BCUT2D eigenvalue weighted by atomic mass is 32.2. The van der Waals surface area contributed by atoms with Crippen LogP contribution in [0.2, 0.25) is 0 Å². The van der Waals surface area contributed by atoms with Crippen molar-refractivity contribution in [2.24, 2.45) is 0 Å². The minimum atomic E-state index is -3.27. The molecule has 7 nitrogen and oxygen atoms in total. The zero-order valence-corrected chi connectivity index (χ0v) is 17.4. The van der Waals surface area contributed by atoms with Gasteiger partial charge in [0.15, 0.2) is 21.3 Å². The van der Waals surface area contributed by atoms with E-state index in [0.29, 0.717) is 29.2 Å². The average Bonchev–Trinajstić information content (AvgIpc) is 2.69. The van der Waals surface area contributed by atoms with Gasteiger partial charge in [-0.2, -0.15) is 0 Å². The van der Waals surface area contributed by atoms with Crippen molar-refractivity contribution in [3.05, 3.63) is 47.5 Å². The van der Waals surface area contributed by atoms with Gasteiger partial charge in [0.25, 0.3) is 5.91 Å². The van der Waals surface area contributed by atoms with Crippen molar-refractivity contribution in [1.29, 1.82) is 0 Å². The Hall–Kier alpha value is -2.74. The molecular weight excluding hydrogens is 382 g/mol. The first-order valence-corrected chi connectivity index (χ1v) is 10.5. The summed E-state index contributed by atoms with van der Waals surface area (Å²) >= 11 is 0. The number of hydrogen-bond donors (Lipinski definition) is 1. The minimum absolute atomic E-state index is 0.238. The van der Waals surface area contributed by atoms with E-state index in [2.05, 4.69) is 5.32 Å². The van der Waals surface area contributed by atoms with Crippen LogP contribution in [0, 0.1) is 0 Å².